The molecule has 0 aliphatic rings. The Morgan fingerprint density at radius 3 is 2.70 bits per heavy atom. The molecule has 2 aromatic carbocycles. The lowest BCUT2D eigenvalue weighted by Crippen LogP contribution is -2.01. The number of nitrogens with zero attached hydrogens (tertiary/aromatic N) is 1. The van der Waals surface area contributed by atoms with Crippen LogP contribution < -0.4 is 5.32 Å². The molecule has 0 aliphatic carbocycles. The molecular weight excluding hydrogens is 283 g/mol. The van der Waals surface area contributed by atoms with Crippen LogP contribution in [0.2, 0.25) is 5.02 Å². The van der Waals surface area contributed by atoms with E-state index in [-0.39, 0.29) is 5.69 Å². The topological polar surface area (TPSA) is 55.2 Å². The van der Waals surface area contributed by atoms with Gasteiger partial charge in [0.15, 0.2) is 0 Å². The standard InChI is InChI=1S/C14H12ClFN2O2/c1-9-2-3-13(7-14(9)18(19)20)17-8-10-4-11(15)6-12(16)5-10/h2-7,17H,8H2,1H3. The van der Waals surface area contributed by atoms with Crippen molar-refractivity contribution in [3.63, 3.8) is 0 Å². The third kappa shape index (κ3) is 3.45. The van der Waals surface area contributed by atoms with Crippen molar-refractivity contribution in [2.45, 2.75) is 13.5 Å². The van der Waals surface area contributed by atoms with Crippen LogP contribution in [0.4, 0.5) is 15.8 Å². The highest BCUT2D eigenvalue weighted by atomic mass is 35.5. The molecule has 0 heterocycles. The first-order valence-electron chi connectivity index (χ1n) is 5.89. The zero-order chi connectivity index (χ0) is 14.7. The number of hydrogen-bond acceptors (Lipinski definition) is 3. The number of nitro benzene ring substituents is 1. The second kappa shape index (κ2) is 5.88. The number of halogens is 2. The van der Waals surface area contributed by atoms with Gasteiger partial charge in [0.1, 0.15) is 5.82 Å². The molecule has 0 aliphatic heterocycles. The van der Waals surface area contributed by atoms with Gasteiger partial charge in [-0.15, -0.1) is 0 Å². The summed E-state index contributed by atoms with van der Waals surface area (Å²) < 4.78 is 13.2. The van der Waals surface area contributed by atoms with Crippen LogP contribution in [-0.2, 0) is 6.54 Å². The van der Waals surface area contributed by atoms with E-state index in [0.717, 1.165) is 0 Å². The van der Waals surface area contributed by atoms with E-state index >= 15 is 0 Å². The number of anilines is 1. The van der Waals surface area contributed by atoms with Crippen LogP contribution >= 0.6 is 11.6 Å². The van der Waals surface area contributed by atoms with Crippen molar-refractivity contribution < 1.29 is 9.31 Å². The maximum atomic E-state index is 13.2. The predicted molar refractivity (Wildman–Crippen MR) is 76.6 cm³/mol. The lowest BCUT2D eigenvalue weighted by Gasteiger charge is -2.08. The molecular formula is C14H12ClFN2O2. The summed E-state index contributed by atoms with van der Waals surface area (Å²) in [5, 5.41) is 14.2. The highest BCUT2D eigenvalue weighted by Crippen LogP contribution is 2.23. The van der Waals surface area contributed by atoms with Crippen LogP contribution in [0, 0.1) is 22.9 Å². The molecule has 0 saturated carbocycles. The fraction of sp³-hybridized carbons (Fsp3) is 0.143. The van der Waals surface area contributed by atoms with Gasteiger partial charge in [0, 0.05) is 28.9 Å². The molecule has 0 saturated heterocycles. The monoisotopic (exact) mass is 294 g/mol. The van der Waals surface area contributed by atoms with Crippen molar-refractivity contribution >= 4 is 23.0 Å². The largest absolute Gasteiger partial charge is 0.381 e. The van der Waals surface area contributed by atoms with Gasteiger partial charge in [-0.05, 0) is 36.8 Å². The lowest BCUT2D eigenvalue weighted by atomic mass is 10.1. The van der Waals surface area contributed by atoms with Crippen LogP contribution in [0.25, 0.3) is 0 Å². The molecule has 0 bridgehead atoms. The highest BCUT2D eigenvalue weighted by molar-refractivity contribution is 6.30. The fourth-order valence-corrected chi connectivity index (χ4v) is 2.08. The summed E-state index contributed by atoms with van der Waals surface area (Å²) in [7, 11) is 0. The van der Waals surface area contributed by atoms with E-state index in [4.69, 9.17) is 11.6 Å². The molecule has 0 radical (unpaired) electrons. The average molecular weight is 295 g/mol. The van der Waals surface area contributed by atoms with Gasteiger partial charge in [-0.2, -0.15) is 0 Å². The molecule has 6 heteroatoms. The van der Waals surface area contributed by atoms with Gasteiger partial charge >= 0.3 is 0 Å². The van der Waals surface area contributed by atoms with Gasteiger partial charge < -0.3 is 5.32 Å². The van der Waals surface area contributed by atoms with Crippen LogP contribution in [-0.4, -0.2) is 4.92 Å². The molecule has 1 N–H and O–H groups in total. The molecule has 0 spiro atoms. The molecule has 0 fully saturated rings. The van der Waals surface area contributed by atoms with Gasteiger partial charge in [-0.25, -0.2) is 4.39 Å². The highest BCUT2D eigenvalue weighted by Gasteiger charge is 2.10. The Hall–Kier alpha value is -2.14. The maximum Gasteiger partial charge on any atom is 0.274 e. The van der Waals surface area contributed by atoms with Gasteiger partial charge in [0.05, 0.1) is 4.92 Å². The fourth-order valence-electron chi connectivity index (χ4n) is 1.83. The Balaban J connectivity index is 2.14. The van der Waals surface area contributed by atoms with E-state index in [1.54, 1.807) is 25.1 Å². The summed E-state index contributed by atoms with van der Waals surface area (Å²) in [6.45, 7) is 2.01. The van der Waals surface area contributed by atoms with E-state index in [1.807, 2.05) is 0 Å². The molecule has 0 atom stereocenters. The SMILES string of the molecule is Cc1ccc(NCc2cc(F)cc(Cl)c2)cc1[N+](=O)[O-]. The van der Waals surface area contributed by atoms with Crippen LogP contribution in [0.3, 0.4) is 0 Å². The summed E-state index contributed by atoms with van der Waals surface area (Å²) in [4.78, 5) is 10.4. The second-order valence-corrected chi connectivity index (χ2v) is 4.83. The van der Waals surface area contributed by atoms with Gasteiger partial charge in [0.25, 0.3) is 5.69 Å². The molecule has 104 valence electrons. The zero-order valence-electron chi connectivity index (χ0n) is 10.7. The molecule has 2 rings (SSSR count). The van der Waals surface area contributed by atoms with Crippen molar-refractivity contribution in [1.82, 2.24) is 0 Å². The number of hydrogen-bond donors (Lipinski definition) is 1. The molecule has 20 heavy (non-hydrogen) atoms. The number of nitrogens with one attached hydrogen (secondary N) is 1. The number of aryl methyl sites for hydroxylation is 1. The first-order chi connectivity index (χ1) is 9.45. The van der Waals surface area contributed by atoms with Gasteiger partial charge in [0.2, 0.25) is 0 Å². The van der Waals surface area contributed by atoms with E-state index in [0.29, 0.717) is 28.4 Å². The Morgan fingerprint density at radius 1 is 1.30 bits per heavy atom. The first-order valence-corrected chi connectivity index (χ1v) is 6.27. The summed E-state index contributed by atoms with van der Waals surface area (Å²) in [6.07, 6.45) is 0. The molecule has 0 amide bonds. The lowest BCUT2D eigenvalue weighted by molar-refractivity contribution is -0.385. The van der Waals surface area contributed by atoms with Crippen molar-refractivity contribution in [1.29, 1.82) is 0 Å². The van der Waals surface area contributed by atoms with Crippen molar-refractivity contribution in [3.8, 4) is 0 Å². The number of benzene rings is 2. The Kier molecular flexibility index (Phi) is 4.20. The van der Waals surface area contributed by atoms with Crippen LogP contribution in [0.5, 0.6) is 0 Å². The minimum Gasteiger partial charge on any atom is -0.381 e. The maximum absolute atomic E-state index is 13.2. The summed E-state index contributed by atoms with van der Waals surface area (Å²) >= 11 is 5.76. The van der Waals surface area contributed by atoms with Crippen molar-refractivity contribution in [2.75, 3.05) is 5.32 Å². The van der Waals surface area contributed by atoms with Crippen molar-refractivity contribution in [3.05, 3.63) is 68.5 Å². The molecule has 4 nitrogen and oxygen atoms in total. The third-order valence-corrected chi connectivity index (χ3v) is 3.04. The van der Waals surface area contributed by atoms with Gasteiger partial charge in [-0.1, -0.05) is 17.7 Å². The first kappa shape index (κ1) is 14.3. The van der Waals surface area contributed by atoms with E-state index in [9.17, 15) is 14.5 Å². The van der Waals surface area contributed by atoms with Crippen molar-refractivity contribution in [2.24, 2.45) is 0 Å². The molecule has 0 aromatic heterocycles. The predicted octanol–water partition coefficient (Wildman–Crippen LogP) is 4.31. The zero-order valence-corrected chi connectivity index (χ0v) is 11.4. The van der Waals surface area contributed by atoms with E-state index < -0.39 is 10.7 Å². The summed E-state index contributed by atoms with van der Waals surface area (Å²) in [5.74, 6) is -0.413. The second-order valence-electron chi connectivity index (χ2n) is 4.39. The smallest absolute Gasteiger partial charge is 0.274 e. The Labute approximate surface area is 120 Å². The van der Waals surface area contributed by atoms with Gasteiger partial charge in [-0.3, -0.25) is 10.1 Å². The normalized spacial score (nSPS) is 10.3. The minimum atomic E-state index is -0.431. The molecule has 0 unspecified atom stereocenters. The van der Waals surface area contributed by atoms with E-state index in [1.165, 1.54) is 18.2 Å². The minimum absolute atomic E-state index is 0.0484. The Bertz CT molecular complexity index is 641. The van der Waals surface area contributed by atoms with E-state index in [2.05, 4.69) is 5.32 Å². The summed E-state index contributed by atoms with van der Waals surface area (Å²) in [5.41, 5.74) is 1.91. The van der Waals surface area contributed by atoms with Crippen LogP contribution in [0.15, 0.2) is 36.4 Å². The average Bonchev–Trinajstić information content (AvgIpc) is 2.36. The molecule has 2 aromatic rings. The summed E-state index contributed by atoms with van der Waals surface area (Å²) in [6, 6.07) is 9.09. The number of rotatable bonds is 4. The number of nitro groups is 1. The Morgan fingerprint density at radius 2 is 2.05 bits per heavy atom. The van der Waals surface area contributed by atoms with Crippen LogP contribution in [0.1, 0.15) is 11.1 Å². The quantitative estimate of drug-likeness (QED) is 0.675. The third-order valence-electron chi connectivity index (χ3n) is 2.82.